The highest BCUT2D eigenvalue weighted by molar-refractivity contribution is 5.79. The molecule has 0 saturated heterocycles. The Hall–Kier alpha value is -0.570. The second-order valence-electron chi connectivity index (χ2n) is 5.37. The molecule has 1 rings (SSSR count). The fourth-order valence-corrected chi connectivity index (χ4v) is 3.07. The van der Waals surface area contributed by atoms with E-state index < -0.39 is 11.6 Å². The highest BCUT2D eigenvalue weighted by atomic mass is 16.5. The second-order valence-corrected chi connectivity index (χ2v) is 5.37. The first-order valence-corrected chi connectivity index (χ1v) is 6.86. The molecule has 0 bridgehead atoms. The molecular formula is C14H26O3. The van der Waals surface area contributed by atoms with Crippen LogP contribution in [0.25, 0.3) is 0 Å². The van der Waals surface area contributed by atoms with Crippen LogP contribution in [-0.2, 0) is 9.53 Å². The van der Waals surface area contributed by atoms with Crippen LogP contribution in [0.1, 0.15) is 53.4 Å². The third kappa shape index (κ3) is 2.82. The average Bonchev–Trinajstić information content (AvgIpc) is 2.32. The van der Waals surface area contributed by atoms with Gasteiger partial charge in [-0.3, -0.25) is 0 Å². The Kier molecular flexibility index (Phi) is 4.99. The number of hydrogen-bond acceptors (Lipinski definition) is 3. The zero-order valence-electron chi connectivity index (χ0n) is 11.5. The highest BCUT2D eigenvalue weighted by Crippen LogP contribution is 2.42. The summed E-state index contributed by atoms with van der Waals surface area (Å²) in [5.41, 5.74) is -1.29. The quantitative estimate of drug-likeness (QED) is 0.771. The van der Waals surface area contributed by atoms with E-state index in [1.807, 2.05) is 6.92 Å². The Morgan fingerprint density at radius 2 is 2.00 bits per heavy atom. The minimum Gasteiger partial charge on any atom is -0.464 e. The zero-order valence-corrected chi connectivity index (χ0v) is 11.5. The van der Waals surface area contributed by atoms with Crippen molar-refractivity contribution in [2.24, 2.45) is 17.8 Å². The van der Waals surface area contributed by atoms with Crippen LogP contribution in [0.5, 0.6) is 0 Å². The van der Waals surface area contributed by atoms with Gasteiger partial charge in [-0.15, -0.1) is 0 Å². The number of carbonyl (C=O) groups is 1. The molecule has 3 nitrogen and oxygen atoms in total. The lowest BCUT2D eigenvalue weighted by Crippen LogP contribution is -2.51. The molecule has 4 unspecified atom stereocenters. The predicted octanol–water partition coefficient (Wildman–Crippen LogP) is 2.76. The van der Waals surface area contributed by atoms with Gasteiger partial charge >= 0.3 is 5.97 Å². The van der Waals surface area contributed by atoms with Gasteiger partial charge in [0.15, 0.2) is 5.60 Å². The van der Waals surface area contributed by atoms with Crippen molar-refractivity contribution in [1.82, 2.24) is 0 Å². The molecule has 1 aliphatic rings. The van der Waals surface area contributed by atoms with Gasteiger partial charge in [-0.1, -0.05) is 33.6 Å². The second kappa shape index (κ2) is 5.85. The Morgan fingerprint density at radius 3 is 2.53 bits per heavy atom. The largest absolute Gasteiger partial charge is 0.464 e. The third-order valence-electron chi connectivity index (χ3n) is 4.49. The Labute approximate surface area is 105 Å². The van der Waals surface area contributed by atoms with Crippen molar-refractivity contribution < 1.29 is 14.6 Å². The van der Waals surface area contributed by atoms with Crippen LogP contribution in [0, 0.1) is 17.8 Å². The van der Waals surface area contributed by atoms with Crippen LogP contribution >= 0.6 is 0 Å². The molecule has 100 valence electrons. The monoisotopic (exact) mass is 242 g/mol. The normalized spacial score (nSPS) is 32.9. The molecule has 3 heteroatoms. The minimum absolute atomic E-state index is 0.0373. The topological polar surface area (TPSA) is 46.5 Å². The molecule has 0 aliphatic heterocycles. The predicted molar refractivity (Wildman–Crippen MR) is 67.5 cm³/mol. The first-order valence-electron chi connectivity index (χ1n) is 6.86. The summed E-state index contributed by atoms with van der Waals surface area (Å²) in [6, 6.07) is 0. The maximum Gasteiger partial charge on any atom is 0.338 e. The van der Waals surface area contributed by atoms with Crippen LogP contribution in [0.3, 0.4) is 0 Å². The Bertz CT molecular complexity index is 264. The van der Waals surface area contributed by atoms with Crippen LogP contribution < -0.4 is 0 Å². The van der Waals surface area contributed by atoms with Crippen molar-refractivity contribution in [3.8, 4) is 0 Å². The summed E-state index contributed by atoms with van der Waals surface area (Å²) in [4.78, 5) is 12.0. The molecule has 1 saturated carbocycles. The summed E-state index contributed by atoms with van der Waals surface area (Å²) >= 11 is 0. The van der Waals surface area contributed by atoms with Crippen molar-refractivity contribution in [1.29, 1.82) is 0 Å². The number of esters is 1. The van der Waals surface area contributed by atoms with E-state index in [9.17, 15) is 9.90 Å². The van der Waals surface area contributed by atoms with E-state index in [4.69, 9.17) is 4.74 Å². The number of rotatable bonds is 4. The molecule has 1 aliphatic carbocycles. The van der Waals surface area contributed by atoms with Gasteiger partial charge < -0.3 is 9.84 Å². The highest BCUT2D eigenvalue weighted by Gasteiger charge is 2.47. The molecule has 4 atom stereocenters. The molecule has 0 aromatic heterocycles. The van der Waals surface area contributed by atoms with Gasteiger partial charge in [-0.2, -0.15) is 0 Å². The molecule has 0 amide bonds. The summed E-state index contributed by atoms with van der Waals surface area (Å²) in [5.74, 6) is 0.545. The van der Waals surface area contributed by atoms with Gasteiger partial charge in [0.25, 0.3) is 0 Å². The fourth-order valence-electron chi connectivity index (χ4n) is 3.07. The number of carbonyl (C=O) groups excluding carboxylic acids is 1. The van der Waals surface area contributed by atoms with Gasteiger partial charge in [0.2, 0.25) is 0 Å². The van der Waals surface area contributed by atoms with Crippen molar-refractivity contribution in [2.75, 3.05) is 6.61 Å². The molecule has 0 radical (unpaired) electrons. The molecule has 0 aromatic rings. The Morgan fingerprint density at radius 1 is 1.35 bits per heavy atom. The average molecular weight is 242 g/mol. The molecule has 1 N–H and O–H groups in total. The number of hydrogen-bond donors (Lipinski definition) is 1. The molecule has 0 heterocycles. The van der Waals surface area contributed by atoms with Gasteiger partial charge in [0.1, 0.15) is 0 Å². The summed E-state index contributed by atoms with van der Waals surface area (Å²) in [6.07, 6.45) is 3.65. The molecule has 0 spiro atoms. The summed E-state index contributed by atoms with van der Waals surface area (Å²) < 4.78 is 5.05. The lowest BCUT2D eigenvalue weighted by atomic mass is 9.66. The summed E-state index contributed by atoms with van der Waals surface area (Å²) in [6.45, 7) is 8.33. The van der Waals surface area contributed by atoms with E-state index in [2.05, 4.69) is 13.8 Å². The van der Waals surface area contributed by atoms with Gasteiger partial charge in [0.05, 0.1) is 6.61 Å². The van der Waals surface area contributed by atoms with E-state index in [1.54, 1.807) is 6.92 Å². The SMILES string of the molecule is CCOC(=O)C(O)(CC)C1CCCC(C)C1C. The molecule has 1 fully saturated rings. The van der Waals surface area contributed by atoms with E-state index in [0.29, 0.717) is 24.9 Å². The first-order chi connectivity index (χ1) is 7.97. The zero-order chi connectivity index (χ0) is 13.1. The van der Waals surface area contributed by atoms with E-state index in [-0.39, 0.29) is 5.92 Å². The van der Waals surface area contributed by atoms with Crippen LogP contribution in [-0.4, -0.2) is 23.3 Å². The summed E-state index contributed by atoms with van der Waals surface area (Å²) in [7, 11) is 0. The maximum atomic E-state index is 12.0. The third-order valence-corrected chi connectivity index (χ3v) is 4.49. The van der Waals surface area contributed by atoms with Crippen molar-refractivity contribution in [3.63, 3.8) is 0 Å². The first kappa shape index (κ1) is 14.5. The van der Waals surface area contributed by atoms with Crippen LogP contribution in [0.4, 0.5) is 0 Å². The molecule has 0 aromatic carbocycles. The molecule has 17 heavy (non-hydrogen) atoms. The molecular weight excluding hydrogens is 216 g/mol. The van der Waals surface area contributed by atoms with Gasteiger partial charge in [-0.05, 0) is 31.6 Å². The number of ether oxygens (including phenoxy) is 1. The lowest BCUT2D eigenvalue weighted by Gasteiger charge is -2.42. The maximum absolute atomic E-state index is 12.0. The van der Waals surface area contributed by atoms with E-state index in [1.165, 1.54) is 6.42 Å². The lowest BCUT2D eigenvalue weighted by molar-refractivity contribution is -0.177. The Balaban J connectivity index is 2.87. The minimum atomic E-state index is -1.29. The van der Waals surface area contributed by atoms with Crippen molar-refractivity contribution in [2.45, 2.75) is 59.0 Å². The van der Waals surface area contributed by atoms with Crippen molar-refractivity contribution in [3.05, 3.63) is 0 Å². The van der Waals surface area contributed by atoms with Gasteiger partial charge in [0, 0.05) is 5.92 Å². The fraction of sp³-hybridized carbons (Fsp3) is 0.929. The van der Waals surface area contributed by atoms with E-state index >= 15 is 0 Å². The van der Waals surface area contributed by atoms with Crippen LogP contribution in [0.15, 0.2) is 0 Å². The van der Waals surface area contributed by atoms with Gasteiger partial charge in [-0.25, -0.2) is 4.79 Å². The standard InChI is InChI=1S/C14H26O3/c1-5-14(16,13(15)17-6-2)12-9-7-8-10(3)11(12)4/h10-12,16H,5-9H2,1-4H3. The summed E-state index contributed by atoms with van der Waals surface area (Å²) in [5, 5.41) is 10.7. The number of aliphatic hydroxyl groups is 1. The van der Waals surface area contributed by atoms with Crippen LogP contribution in [0.2, 0.25) is 0 Å². The smallest absolute Gasteiger partial charge is 0.338 e. The van der Waals surface area contributed by atoms with E-state index in [0.717, 1.165) is 12.8 Å². The van der Waals surface area contributed by atoms with Crippen molar-refractivity contribution >= 4 is 5.97 Å².